The van der Waals surface area contributed by atoms with Gasteiger partial charge in [0.25, 0.3) is 0 Å². The van der Waals surface area contributed by atoms with Gasteiger partial charge < -0.3 is 39.0 Å². The number of unbranched alkanes of at least 4 members (excludes halogenated alkanes) is 30. The molecular weight excluding hydrogens is 1020 g/mol. The van der Waals surface area contributed by atoms with Crippen molar-refractivity contribution in [3.05, 3.63) is 72.9 Å². The van der Waals surface area contributed by atoms with Gasteiger partial charge in [0.05, 0.1) is 6.61 Å². The summed E-state index contributed by atoms with van der Waals surface area (Å²) in [6.45, 7) is 5.87. The van der Waals surface area contributed by atoms with E-state index in [1.54, 1.807) is 0 Å². The molecule has 0 radical (unpaired) electrons. The summed E-state index contributed by atoms with van der Waals surface area (Å²) in [5.41, 5.74) is 0. The van der Waals surface area contributed by atoms with E-state index in [0.717, 1.165) is 116 Å². The Hall–Kier alpha value is -3.84. The van der Waals surface area contributed by atoms with Crippen LogP contribution < -0.4 is 0 Å². The number of carboxylic acids is 1. The zero-order valence-corrected chi connectivity index (χ0v) is 51.5. The minimum absolute atomic E-state index is 0.0388. The van der Waals surface area contributed by atoms with Crippen LogP contribution in [0.2, 0.25) is 0 Å². The Kier molecular flexibility index (Phi) is 52.6. The van der Waals surface area contributed by atoms with Crippen LogP contribution in [0.3, 0.4) is 0 Å². The summed E-state index contributed by atoms with van der Waals surface area (Å²) in [5.74, 6) is -3.14. The third kappa shape index (κ3) is 46.3. The number of esters is 3. The maximum absolute atomic E-state index is 13.2. The lowest BCUT2D eigenvalue weighted by atomic mass is 9.98. The van der Waals surface area contributed by atoms with Crippen molar-refractivity contribution in [1.82, 2.24) is 0 Å². The molecule has 1 aliphatic rings. The predicted octanol–water partition coefficient (Wildman–Crippen LogP) is 17.7. The monoisotopic (exact) mass is 1140 g/mol. The minimum atomic E-state index is -1.91. The highest BCUT2D eigenvalue weighted by atomic mass is 16.7. The van der Waals surface area contributed by atoms with Gasteiger partial charge in [-0.1, -0.05) is 235 Å². The van der Waals surface area contributed by atoms with Crippen LogP contribution in [0.5, 0.6) is 0 Å². The molecule has 1 saturated heterocycles. The van der Waals surface area contributed by atoms with Gasteiger partial charge in [0.2, 0.25) is 0 Å². The fourth-order valence-corrected chi connectivity index (χ4v) is 9.70. The largest absolute Gasteiger partial charge is 0.479 e. The highest BCUT2D eigenvalue weighted by Gasteiger charge is 2.50. The van der Waals surface area contributed by atoms with Gasteiger partial charge in [0.1, 0.15) is 18.8 Å². The van der Waals surface area contributed by atoms with Crippen molar-refractivity contribution in [1.29, 1.82) is 0 Å². The van der Waals surface area contributed by atoms with Crippen molar-refractivity contribution >= 4 is 23.9 Å². The van der Waals surface area contributed by atoms with Crippen LogP contribution in [0.15, 0.2) is 72.9 Å². The summed E-state index contributed by atoms with van der Waals surface area (Å²) >= 11 is 0. The maximum Gasteiger partial charge on any atom is 0.335 e. The molecule has 6 atom stereocenters. The van der Waals surface area contributed by atoms with Gasteiger partial charge in [-0.2, -0.15) is 0 Å². The number of aliphatic hydroxyl groups excluding tert-OH is 2. The maximum atomic E-state index is 13.2. The van der Waals surface area contributed by atoms with Gasteiger partial charge in [-0.05, 0) is 109 Å². The second-order valence-electron chi connectivity index (χ2n) is 22.4. The van der Waals surface area contributed by atoms with Crippen LogP contribution in [-0.4, -0.2) is 89.2 Å². The van der Waals surface area contributed by atoms with E-state index in [9.17, 15) is 34.5 Å². The smallest absolute Gasteiger partial charge is 0.335 e. The molecule has 6 unspecified atom stereocenters. The lowest BCUT2D eigenvalue weighted by Gasteiger charge is -2.40. The zero-order chi connectivity index (χ0) is 58.9. The lowest BCUT2D eigenvalue weighted by molar-refractivity contribution is -0.301. The topological polar surface area (TPSA) is 175 Å². The zero-order valence-electron chi connectivity index (χ0n) is 51.5. The standard InChI is InChI=1S/C69H118O12/c1-4-7-10-13-16-19-22-25-28-30-31-33-35-37-40-43-46-49-52-55-61(70)77-58-60(79-62(71)56-53-50-47-44-41-39-36-32-29-26-23-20-17-14-11-8-5-2)59-78-69-67(65(74)64(73)66(81-69)68(75)76)80-63(72)57-54-51-48-45-42-38-34-27-24-21-18-15-12-9-6-3/h9,12,17-18,20-21,25-29,34,60,64-67,69,73-74H,4-8,10-11,13-16,19,22-24,30-33,35-59H2,1-3H3,(H,75,76)/b12-9-,20-17-,21-18-,28-25-,29-26-,34-27-. The molecule has 81 heavy (non-hydrogen) atoms. The molecule has 0 aromatic heterocycles. The van der Waals surface area contributed by atoms with E-state index in [2.05, 4.69) is 93.7 Å². The molecule has 466 valence electrons. The first kappa shape index (κ1) is 75.2. The van der Waals surface area contributed by atoms with E-state index < -0.39 is 67.3 Å². The number of ether oxygens (including phenoxy) is 5. The molecule has 1 heterocycles. The third-order valence-electron chi connectivity index (χ3n) is 14.7. The van der Waals surface area contributed by atoms with Crippen molar-refractivity contribution in [2.75, 3.05) is 13.2 Å². The Morgan fingerprint density at radius 3 is 1.22 bits per heavy atom. The van der Waals surface area contributed by atoms with E-state index in [0.29, 0.717) is 19.3 Å². The molecule has 0 aromatic carbocycles. The second kappa shape index (κ2) is 56.6. The van der Waals surface area contributed by atoms with Crippen LogP contribution in [0, 0.1) is 0 Å². The van der Waals surface area contributed by atoms with Crippen LogP contribution >= 0.6 is 0 Å². The Morgan fingerprint density at radius 2 is 0.778 bits per heavy atom. The lowest BCUT2D eigenvalue weighted by Crippen LogP contribution is -2.61. The SMILES string of the molecule is CC/C=C\C/C=C\C/C=C\CCCCCCCC(=O)OC1C(OCC(COC(=O)CCCCCCCCCCC/C=C\CCCCCCCC)OC(=O)CCCCCCCCC/C=C\C/C=C\CCCCC)OC(C(=O)O)C(O)C1O. The summed E-state index contributed by atoms with van der Waals surface area (Å²) in [7, 11) is 0. The molecule has 0 saturated carbocycles. The van der Waals surface area contributed by atoms with Crippen molar-refractivity contribution in [2.24, 2.45) is 0 Å². The molecule has 12 nitrogen and oxygen atoms in total. The molecule has 1 fully saturated rings. The number of carboxylic acid groups (broad SMARTS) is 1. The quantitative estimate of drug-likeness (QED) is 0.0228. The van der Waals surface area contributed by atoms with Crippen LogP contribution in [0.1, 0.15) is 290 Å². The van der Waals surface area contributed by atoms with Crippen molar-refractivity contribution in [3.63, 3.8) is 0 Å². The number of carbonyl (C=O) groups is 4. The third-order valence-corrected chi connectivity index (χ3v) is 14.7. The first-order valence-corrected chi connectivity index (χ1v) is 32.9. The van der Waals surface area contributed by atoms with E-state index in [4.69, 9.17) is 23.7 Å². The number of rotatable bonds is 56. The van der Waals surface area contributed by atoms with Crippen LogP contribution in [0.4, 0.5) is 0 Å². The number of aliphatic carboxylic acids is 1. The predicted molar refractivity (Wildman–Crippen MR) is 331 cm³/mol. The fraction of sp³-hybridized carbons (Fsp3) is 0.768. The molecule has 1 rings (SSSR count). The molecule has 1 aliphatic heterocycles. The number of hydrogen-bond donors (Lipinski definition) is 3. The highest BCUT2D eigenvalue weighted by Crippen LogP contribution is 2.27. The van der Waals surface area contributed by atoms with Crippen molar-refractivity contribution < 1.29 is 58.2 Å². The normalized spacial score (nSPS) is 18.2. The van der Waals surface area contributed by atoms with Crippen molar-refractivity contribution in [2.45, 2.75) is 327 Å². The van der Waals surface area contributed by atoms with E-state index in [-0.39, 0.29) is 25.9 Å². The molecule has 0 bridgehead atoms. The molecule has 0 aromatic rings. The molecule has 0 spiro atoms. The average molecular weight is 1140 g/mol. The van der Waals surface area contributed by atoms with Gasteiger partial charge in [-0.15, -0.1) is 0 Å². The molecular formula is C69H118O12. The van der Waals surface area contributed by atoms with Gasteiger partial charge >= 0.3 is 23.9 Å². The average Bonchev–Trinajstić information content (AvgIpc) is 3.53. The first-order chi connectivity index (χ1) is 39.6. The fourth-order valence-electron chi connectivity index (χ4n) is 9.70. The second-order valence-corrected chi connectivity index (χ2v) is 22.4. The Morgan fingerprint density at radius 1 is 0.420 bits per heavy atom. The van der Waals surface area contributed by atoms with E-state index in [1.165, 1.54) is 116 Å². The van der Waals surface area contributed by atoms with E-state index >= 15 is 0 Å². The van der Waals surface area contributed by atoms with Gasteiger partial charge in [-0.25, -0.2) is 4.79 Å². The number of hydrogen-bond acceptors (Lipinski definition) is 11. The number of carbonyl (C=O) groups excluding carboxylic acids is 3. The van der Waals surface area contributed by atoms with E-state index in [1.807, 2.05) is 0 Å². The highest BCUT2D eigenvalue weighted by molar-refractivity contribution is 5.74. The summed E-state index contributed by atoms with van der Waals surface area (Å²) in [6, 6.07) is 0. The number of allylic oxidation sites excluding steroid dienone is 12. The summed E-state index contributed by atoms with van der Waals surface area (Å²) in [4.78, 5) is 51.3. The van der Waals surface area contributed by atoms with Crippen LogP contribution in [-0.2, 0) is 42.9 Å². The van der Waals surface area contributed by atoms with Crippen LogP contribution in [0.25, 0.3) is 0 Å². The van der Waals surface area contributed by atoms with Crippen molar-refractivity contribution in [3.8, 4) is 0 Å². The molecule has 3 N–H and O–H groups in total. The van der Waals surface area contributed by atoms with Gasteiger partial charge in [-0.3, -0.25) is 14.4 Å². The summed E-state index contributed by atoms with van der Waals surface area (Å²) in [6.07, 6.45) is 60.0. The Balaban J connectivity index is 2.66. The van der Waals surface area contributed by atoms with Gasteiger partial charge in [0.15, 0.2) is 24.6 Å². The molecule has 0 aliphatic carbocycles. The first-order valence-electron chi connectivity index (χ1n) is 32.9. The summed E-state index contributed by atoms with van der Waals surface area (Å²) < 4.78 is 28.5. The molecule has 0 amide bonds. The Bertz CT molecular complexity index is 1680. The molecule has 12 heteroatoms. The Labute approximate surface area is 493 Å². The minimum Gasteiger partial charge on any atom is -0.479 e. The number of aliphatic hydroxyl groups is 2. The summed E-state index contributed by atoms with van der Waals surface area (Å²) in [5, 5.41) is 31.6. The van der Waals surface area contributed by atoms with Gasteiger partial charge in [0, 0.05) is 19.3 Å².